The third kappa shape index (κ3) is 4.92. The SMILES string of the molecule is Cn1ccc(CS(=O)Nc2c(F)cc(Oc3ncccc3-c3ccnc(N)n3)c(F)c2F)n1. The summed E-state index contributed by atoms with van der Waals surface area (Å²) in [5.41, 5.74) is 5.74. The normalized spacial score (nSPS) is 11.9. The standard InChI is InChI=1S/C20H16F3N7O2S/c1-30-8-5-11(28-30)10-33(31)29-18-13(21)9-15(16(22)17(18)23)32-19-12(3-2-6-25-19)14-4-7-26-20(24)27-14/h2-9,29H,10H2,1H3,(H2,24,26,27). The van der Waals surface area contributed by atoms with Crippen molar-refractivity contribution in [2.24, 2.45) is 7.05 Å². The molecule has 9 nitrogen and oxygen atoms in total. The summed E-state index contributed by atoms with van der Waals surface area (Å²) in [4.78, 5) is 11.8. The molecule has 0 aliphatic rings. The minimum Gasteiger partial charge on any atom is -0.435 e. The number of nitrogens with two attached hydrogens (primary N) is 1. The molecule has 0 aliphatic heterocycles. The fraction of sp³-hybridized carbons (Fsp3) is 0.100. The largest absolute Gasteiger partial charge is 0.435 e. The van der Waals surface area contributed by atoms with E-state index in [0.29, 0.717) is 23.0 Å². The van der Waals surface area contributed by atoms with Gasteiger partial charge in [0.05, 0.1) is 22.7 Å². The van der Waals surface area contributed by atoms with Crippen molar-refractivity contribution in [2.75, 3.05) is 10.5 Å². The molecule has 3 aromatic heterocycles. The van der Waals surface area contributed by atoms with Gasteiger partial charge in [0.25, 0.3) is 0 Å². The number of nitrogens with zero attached hydrogens (tertiary/aromatic N) is 5. The average Bonchev–Trinajstić information content (AvgIpc) is 3.19. The lowest BCUT2D eigenvalue weighted by Gasteiger charge is -2.13. The van der Waals surface area contributed by atoms with Gasteiger partial charge in [-0.1, -0.05) is 0 Å². The van der Waals surface area contributed by atoms with Gasteiger partial charge < -0.3 is 10.5 Å². The van der Waals surface area contributed by atoms with E-state index < -0.39 is 39.9 Å². The van der Waals surface area contributed by atoms with Crippen LogP contribution in [-0.4, -0.2) is 28.9 Å². The van der Waals surface area contributed by atoms with E-state index in [0.717, 1.165) is 0 Å². The van der Waals surface area contributed by atoms with Gasteiger partial charge in [-0.25, -0.2) is 27.9 Å². The first kappa shape index (κ1) is 22.2. The van der Waals surface area contributed by atoms with E-state index in [1.165, 1.54) is 23.1 Å². The van der Waals surface area contributed by atoms with Crippen molar-refractivity contribution in [1.29, 1.82) is 0 Å². The Bertz CT molecular complexity index is 1350. The third-order valence-electron chi connectivity index (χ3n) is 4.32. The van der Waals surface area contributed by atoms with Gasteiger partial charge in [0.1, 0.15) is 16.7 Å². The highest BCUT2D eigenvalue weighted by atomic mass is 32.2. The van der Waals surface area contributed by atoms with Crippen LogP contribution in [0.2, 0.25) is 0 Å². The molecule has 13 heteroatoms. The van der Waals surface area contributed by atoms with Crippen LogP contribution >= 0.6 is 0 Å². The summed E-state index contributed by atoms with van der Waals surface area (Å²) in [6.45, 7) is 0. The van der Waals surface area contributed by atoms with E-state index in [-0.39, 0.29) is 17.6 Å². The Labute approximate surface area is 188 Å². The number of aryl methyl sites for hydroxylation is 1. The van der Waals surface area contributed by atoms with E-state index >= 15 is 0 Å². The Morgan fingerprint density at radius 2 is 1.97 bits per heavy atom. The summed E-state index contributed by atoms with van der Waals surface area (Å²) in [6, 6.07) is 6.88. The maximum atomic E-state index is 14.7. The van der Waals surface area contributed by atoms with Crippen molar-refractivity contribution in [3.63, 3.8) is 0 Å². The number of hydrogen-bond acceptors (Lipinski definition) is 7. The van der Waals surface area contributed by atoms with Gasteiger partial charge >= 0.3 is 0 Å². The quantitative estimate of drug-likeness (QED) is 0.393. The fourth-order valence-corrected chi connectivity index (χ4v) is 3.77. The molecular weight excluding hydrogens is 459 g/mol. The van der Waals surface area contributed by atoms with E-state index in [2.05, 4.69) is 24.8 Å². The van der Waals surface area contributed by atoms with Crippen molar-refractivity contribution >= 4 is 22.6 Å². The van der Waals surface area contributed by atoms with Crippen LogP contribution in [0, 0.1) is 17.5 Å². The third-order valence-corrected chi connectivity index (χ3v) is 5.31. The topological polar surface area (TPSA) is 121 Å². The number of aromatic nitrogens is 5. The molecule has 0 saturated carbocycles. The van der Waals surface area contributed by atoms with Crippen molar-refractivity contribution < 1.29 is 22.1 Å². The van der Waals surface area contributed by atoms with Crippen molar-refractivity contribution in [3.05, 3.63) is 72.1 Å². The van der Waals surface area contributed by atoms with Gasteiger partial charge in [-0.05, 0) is 24.3 Å². The van der Waals surface area contributed by atoms with Crippen molar-refractivity contribution in [2.45, 2.75) is 5.75 Å². The van der Waals surface area contributed by atoms with Gasteiger partial charge in [0, 0.05) is 31.7 Å². The molecule has 0 amide bonds. The molecule has 4 aromatic rings. The Morgan fingerprint density at radius 1 is 1.15 bits per heavy atom. The lowest BCUT2D eigenvalue weighted by atomic mass is 10.2. The molecule has 1 atom stereocenters. The summed E-state index contributed by atoms with van der Waals surface area (Å²) in [5, 5.41) is 4.03. The van der Waals surface area contributed by atoms with Crippen LogP contribution in [0.15, 0.2) is 48.9 Å². The zero-order chi connectivity index (χ0) is 23.5. The number of benzene rings is 1. The Balaban J connectivity index is 1.60. The molecule has 0 saturated heterocycles. The predicted octanol–water partition coefficient (Wildman–Crippen LogP) is 3.34. The molecule has 0 spiro atoms. The highest BCUT2D eigenvalue weighted by molar-refractivity contribution is 7.85. The minimum atomic E-state index is -1.96. The number of hydrogen-bond donors (Lipinski definition) is 2. The number of pyridine rings is 1. The van der Waals surface area contributed by atoms with Crippen LogP contribution in [-0.2, 0) is 23.8 Å². The van der Waals surface area contributed by atoms with Crippen LogP contribution < -0.4 is 15.2 Å². The summed E-state index contributed by atoms with van der Waals surface area (Å²) >= 11 is 0. The van der Waals surface area contributed by atoms with Gasteiger partial charge in [-0.2, -0.15) is 9.49 Å². The molecule has 170 valence electrons. The zero-order valence-corrected chi connectivity index (χ0v) is 17.8. The van der Waals surface area contributed by atoms with Crippen LogP contribution in [0.4, 0.5) is 24.8 Å². The monoisotopic (exact) mass is 475 g/mol. The molecule has 0 bridgehead atoms. The van der Waals surface area contributed by atoms with E-state index in [1.54, 1.807) is 31.4 Å². The Kier molecular flexibility index (Phi) is 6.22. The molecule has 33 heavy (non-hydrogen) atoms. The highest BCUT2D eigenvalue weighted by Crippen LogP contribution is 2.35. The predicted molar refractivity (Wildman–Crippen MR) is 115 cm³/mol. The molecule has 0 radical (unpaired) electrons. The van der Waals surface area contributed by atoms with Crippen LogP contribution in [0.1, 0.15) is 5.69 Å². The first-order valence-corrected chi connectivity index (χ1v) is 10.7. The second-order valence-electron chi connectivity index (χ2n) is 6.69. The molecule has 1 aromatic carbocycles. The zero-order valence-electron chi connectivity index (χ0n) is 17.0. The summed E-state index contributed by atoms with van der Waals surface area (Å²) < 4.78 is 65.2. The van der Waals surface area contributed by atoms with Crippen molar-refractivity contribution in [1.82, 2.24) is 24.7 Å². The smallest absolute Gasteiger partial charge is 0.228 e. The summed E-state index contributed by atoms with van der Waals surface area (Å²) in [5.74, 6) is -5.36. The number of halogens is 3. The minimum absolute atomic E-state index is 0.0142. The van der Waals surface area contributed by atoms with Crippen LogP contribution in [0.5, 0.6) is 11.6 Å². The Hall–Kier alpha value is -4.00. The lowest BCUT2D eigenvalue weighted by Crippen LogP contribution is -2.12. The van der Waals surface area contributed by atoms with Gasteiger partial charge in [0.15, 0.2) is 17.4 Å². The molecule has 0 aliphatic carbocycles. The summed E-state index contributed by atoms with van der Waals surface area (Å²) in [7, 11) is -0.298. The first-order chi connectivity index (χ1) is 15.8. The van der Waals surface area contributed by atoms with E-state index in [4.69, 9.17) is 10.5 Å². The number of ether oxygens (including phenoxy) is 1. The molecule has 3 N–H and O–H groups in total. The van der Waals surface area contributed by atoms with Gasteiger partial charge in [-0.3, -0.25) is 9.40 Å². The van der Waals surface area contributed by atoms with Gasteiger partial charge in [-0.15, -0.1) is 0 Å². The van der Waals surface area contributed by atoms with Crippen LogP contribution in [0.25, 0.3) is 11.3 Å². The van der Waals surface area contributed by atoms with E-state index in [9.17, 15) is 17.4 Å². The summed E-state index contributed by atoms with van der Waals surface area (Å²) in [6.07, 6.45) is 4.38. The van der Waals surface area contributed by atoms with Crippen molar-refractivity contribution in [3.8, 4) is 22.9 Å². The molecular formula is C20H16F3N7O2S. The number of rotatable bonds is 7. The molecule has 4 rings (SSSR count). The average molecular weight is 475 g/mol. The second-order valence-corrected chi connectivity index (χ2v) is 7.87. The molecule has 0 fully saturated rings. The number of nitrogen functional groups attached to an aromatic ring is 1. The second kappa shape index (κ2) is 9.24. The number of anilines is 2. The highest BCUT2D eigenvalue weighted by Gasteiger charge is 2.23. The fourth-order valence-electron chi connectivity index (χ4n) is 2.86. The molecule has 1 unspecified atom stereocenters. The van der Waals surface area contributed by atoms with E-state index in [1.807, 2.05) is 0 Å². The lowest BCUT2D eigenvalue weighted by molar-refractivity contribution is 0.401. The molecule has 3 heterocycles. The maximum Gasteiger partial charge on any atom is 0.228 e. The Morgan fingerprint density at radius 3 is 2.70 bits per heavy atom. The first-order valence-electron chi connectivity index (χ1n) is 9.34. The maximum absolute atomic E-state index is 14.7. The number of nitrogens with one attached hydrogen (secondary N) is 1. The van der Waals surface area contributed by atoms with Crippen LogP contribution in [0.3, 0.4) is 0 Å². The van der Waals surface area contributed by atoms with Gasteiger partial charge in [0.2, 0.25) is 17.6 Å².